The van der Waals surface area contributed by atoms with Crippen molar-refractivity contribution >= 4 is 39.5 Å². The Morgan fingerprint density at radius 3 is 0.745 bits per heavy atom. The lowest BCUT2D eigenvalue weighted by molar-refractivity contribution is -0.161. The Morgan fingerprint density at radius 1 is 0.284 bits per heavy atom. The summed E-state index contributed by atoms with van der Waals surface area (Å²) >= 11 is 0. The number of hydrogen-bond acceptors (Lipinski definition) is 15. The second-order valence-corrected chi connectivity index (χ2v) is 33.5. The predicted molar refractivity (Wildman–Crippen MR) is 418 cm³/mol. The molecule has 0 spiro atoms. The van der Waals surface area contributed by atoms with E-state index in [9.17, 15) is 43.2 Å². The van der Waals surface area contributed by atoms with Crippen LogP contribution in [0.25, 0.3) is 0 Å². The fraction of sp³-hybridized carbons (Fsp3) is 0.952. The Labute approximate surface area is 626 Å². The number of carbonyl (C=O) groups excluding carboxylic acids is 4. The fourth-order valence-corrected chi connectivity index (χ4v) is 14.4. The molecular weight excluding hydrogens is 1330 g/mol. The molecule has 0 aromatic carbocycles. The van der Waals surface area contributed by atoms with E-state index in [-0.39, 0.29) is 25.7 Å². The van der Waals surface area contributed by atoms with Crippen LogP contribution in [0.3, 0.4) is 0 Å². The summed E-state index contributed by atoms with van der Waals surface area (Å²) in [6, 6.07) is 0. The summed E-state index contributed by atoms with van der Waals surface area (Å²) in [5, 5.41) is 10.6. The molecule has 0 saturated heterocycles. The van der Waals surface area contributed by atoms with Crippen LogP contribution in [0.4, 0.5) is 0 Å². The summed E-state index contributed by atoms with van der Waals surface area (Å²) < 4.78 is 68.7. The van der Waals surface area contributed by atoms with Crippen LogP contribution in [0.1, 0.15) is 440 Å². The second-order valence-electron chi connectivity index (χ2n) is 30.6. The molecule has 0 amide bonds. The van der Waals surface area contributed by atoms with Crippen LogP contribution < -0.4 is 0 Å². The lowest BCUT2D eigenvalue weighted by atomic mass is 10.00. The number of ether oxygens (including phenoxy) is 4. The summed E-state index contributed by atoms with van der Waals surface area (Å²) in [7, 11) is -9.92. The number of phosphoric acid groups is 2. The van der Waals surface area contributed by atoms with Crippen LogP contribution in [-0.4, -0.2) is 96.7 Å². The van der Waals surface area contributed by atoms with Gasteiger partial charge in [-0.3, -0.25) is 37.3 Å². The number of aliphatic hydroxyl groups is 1. The van der Waals surface area contributed by atoms with E-state index in [1.807, 2.05) is 0 Å². The highest BCUT2D eigenvalue weighted by Gasteiger charge is 2.30. The van der Waals surface area contributed by atoms with Crippen molar-refractivity contribution < 1.29 is 80.2 Å². The van der Waals surface area contributed by atoms with Gasteiger partial charge in [-0.15, -0.1) is 0 Å². The van der Waals surface area contributed by atoms with Gasteiger partial charge in [-0.2, -0.15) is 0 Å². The molecule has 0 fully saturated rings. The lowest BCUT2D eigenvalue weighted by Crippen LogP contribution is -2.30. The smallest absolute Gasteiger partial charge is 0.462 e. The molecule has 6 atom stereocenters. The minimum atomic E-state index is -4.96. The van der Waals surface area contributed by atoms with Gasteiger partial charge in [0.2, 0.25) is 0 Å². The van der Waals surface area contributed by atoms with Crippen LogP contribution in [0, 0.1) is 11.8 Å². The standard InChI is InChI=1S/C83H162O17P2/c1-7-10-12-14-16-18-20-22-23-24-25-29-32-35-39-42-46-53-59-65-80(85)93-71-78(99-83(88)68-62-56-48-44-40-36-33-30-27-26-28-31-34-37-41-45-51-57-63-75(4)5)73-97-101(89,90)95-69-77(84)70-96-102(91,92)98-74-79(72-94-81(86)66-60-54-50-49-52-58-64-76(6)9-3)100-82(87)67-61-55-47-43-38-21-19-17-15-13-11-8-2/h75-79,84H,7-74H2,1-6H3,(H,89,90)(H,91,92)/t76?,77-,78-,79-/m1/s1. The largest absolute Gasteiger partial charge is 0.472 e. The maximum Gasteiger partial charge on any atom is 0.472 e. The van der Waals surface area contributed by atoms with E-state index < -0.39 is 97.5 Å². The highest BCUT2D eigenvalue weighted by Crippen LogP contribution is 2.45. The van der Waals surface area contributed by atoms with Gasteiger partial charge in [-0.1, -0.05) is 388 Å². The van der Waals surface area contributed by atoms with E-state index in [4.69, 9.17) is 37.0 Å². The Bertz CT molecular complexity index is 1960. The third-order valence-electron chi connectivity index (χ3n) is 19.8. The molecule has 3 N–H and O–H groups in total. The molecule has 0 aromatic heterocycles. The number of rotatable bonds is 82. The van der Waals surface area contributed by atoms with E-state index in [1.165, 1.54) is 250 Å². The number of hydrogen-bond donors (Lipinski definition) is 3. The van der Waals surface area contributed by atoms with Crippen molar-refractivity contribution in [2.24, 2.45) is 11.8 Å². The molecule has 0 heterocycles. The molecule has 0 aliphatic rings. The minimum Gasteiger partial charge on any atom is -0.462 e. The SMILES string of the molecule is CCCCCCCCCCCCCCCCCCCCCC(=O)OC[C@H](COP(=O)(O)OC[C@@H](O)COP(=O)(O)OC[C@@H](COC(=O)CCCCCCCCC(C)CC)OC(=O)CCCCCCCCCCCCCC)OC(=O)CCCCCCCCCCCCCCCCCCCCC(C)C. The zero-order chi connectivity index (χ0) is 74.9. The molecule has 0 radical (unpaired) electrons. The maximum atomic E-state index is 13.1. The van der Waals surface area contributed by atoms with E-state index in [1.54, 1.807) is 0 Å². The van der Waals surface area contributed by atoms with Gasteiger partial charge in [0.05, 0.1) is 26.4 Å². The third kappa shape index (κ3) is 74.9. The highest BCUT2D eigenvalue weighted by molar-refractivity contribution is 7.47. The topological polar surface area (TPSA) is 237 Å². The van der Waals surface area contributed by atoms with E-state index in [0.29, 0.717) is 25.7 Å². The molecule has 0 aliphatic heterocycles. The fourth-order valence-electron chi connectivity index (χ4n) is 12.9. The zero-order valence-corrected chi connectivity index (χ0v) is 68.7. The van der Waals surface area contributed by atoms with Crippen LogP contribution in [-0.2, 0) is 65.4 Å². The van der Waals surface area contributed by atoms with Crippen LogP contribution >= 0.6 is 15.6 Å². The Morgan fingerprint density at radius 2 is 0.500 bits per heavy atom. The van der Waals surface area contributed by atoms with E-state index in [2.05, 4.69) is 41.5 Å². The number of carbonyl (C=O) groups is 4. The zero-order valence-electron chi connectivity index (χ0n) is 66.9. The van der Waals surface area contributed by atoms with Crippen LogP contribution in [0.2, 0.25) is 0 Å². The first kappa shape index (κ1) is 100. The maximum absolute atomic E-state index is 13.1. The molecule has 0 aliphatic carbocycles. The third-order valence-corrected chi connectivity index (χ3v) is 21.7. The first-order valence-electron chi connectivity index (χ1n) is 43.0. The summed E-state index contributed by atoms with van der Waals surface area (Å²) in [6.07, 6.45) is 65.3. The van der Waals surface area contributed by atoms with Crippen molar-refractivity contribution in [1.29, 1.82) is 0 Å². The number of esters is 4. The average Bonchev–Trinajstić information content (AvgIpc) is 0.926. The molecule has 0 rings (SSSR count). The van der Waals surface area contributed by atoms with Crippen molar-refractivity contribution in [2.75, 3.05) is 39.6 Å². The van der Waals surface area contributed by atoms with Crippen molar-refractivity contribution in [2.45, 2.75) is 458 Å². The van der Waals surface area contributed by atoms with Crippen molar-refractivity contribution in [3.8, 4) is 0 Å². The molecule has 3 unspecified atom stereocenters. The molecular formula is C83H162O17P2. The summed E-state index contributed by atoms with van der Waals surface area (Å²) in [5.41, 5.74) is 0. The number of unbranched alkanes of at least 4 members (excludes halogenated alkanes) is 51. The van der Waals surface area contributed by atoms with Gasteiger partial charge in [0.1, 0.15) is 19.3 Å². The van der Waals surface area contributed by atoms with Crippen molar-refractivity contribution in [3.05, 3.63) is 0 Å². The molecule has 17 nitrogen and oxygen atoms in total. The van der Waals surface area contributed by atoms with Crippen molar-refractivity contribution in [3.63, 3.8) is 0 Å². The van der Waals surface area contributed by atoms with Gasteiger partial charge in [-0.25, -0.2) is 9.13 Å². The Balaban J connectivity index is 5.21. The monoisotopic (exact) mass is 1490 g/mol. The van der Waals surface area contributed by atoms with Gasteiger partial charge < -0.3 is 33.8 Å². The molecule has 102 heavy (non-hydrogen) atoms. The van der Waals surface area contributed by atoms with Gasteiger partial charge in [0.25, 0.3) is 0 Å². The Hall–Kier alpha value is -1.94. The summed E-state index contributed by atoms with van der Waals surface area (Å²) in [5.74, 6) is -0.556. The average molecular weight is 1490 g/mol. The molecule has 0 aromatic rings. The van der Waals surface area contributed by atoms with Crippen molar-refractivity contribution in [1.82, 2.24) is 0 Å². The van der Waals surface area contributed by atoms with E-state index >= 15 is 0 Å². The quantitative estimate of drug-likeness (QED) is 0.0222. The molecule has 19 heteroatoms. The predicted octanol–water partition coefficient (Wildman–Crippen LogP) is 25.1. The highest BCUT2D eigenvalue weighted by atomic mass is 31.2. The molecule has 0 bridgehead atoms. The first-order valence-corrected chi connectivity index (χ1v) is 46.0. The first-order chi connectivity index (χ1) is 49.4. The lowest BCUT2D eigenvalue weighted by Gasteiger charge is -2.21. The molecule has 0 saturated carbocycles. The normalized spacial score (nSPS) is 14.1. The van der Waals surface area contributed by atoms with Gasteiger partial charge in [-0.05, 0) is 37.5 Å². The van der Waals surface area contributed by atoms with Gasteiger partial charge >= 0.3 is 39.5 Å². The van der Waals surface area contributed by atoms with Gasteiger partial charge in [0, 0.05) is 25.7 Å². The Kier molecular flexibility index (Phi) is 73.1. The van der Waals surface area contributed by atoms with Gasteiger partial charge in [0.15, 0.2) is 12.2 Å². The van der Waals surface area contributed by atoms with Crippen LogP contribution in [0.5, 0.6) is 0 Å². The molecule has 606 valence electrons. The minimum absolute atomic E-state index is 0.107. The van der Waals surface area contributed by atoms with Crippen LogP contribution in [0.15, 0.2) is 0 Å². The summed E-state index contributed by atoms with van der Waals surface area (Å²) in [6.45, 7) is 9.64. The van der Waals surface area contributed by atoms with E-state index in [0.717, 1.165) is 108 Å². The number of phosphoric ester groups is 2. The number of aliphatic hydroxyl groups excluding tert-OH is 1. The summed E-state index contributed by atoms with van der Waals surface area (Å²) in [4.78, 5) is 73.0. The second kappa shape index (κ2) is 74.5.